The fraction of sp³-hybridized carbons (Fsp3) is 0.333. The minimum Gasteiger partial charge on any atom is -0.505 e. The summed E-state index contributed by atoms with van der Waals surface area (Å²) in [5, 5.41) is 25.7. The fourth-order valence-corrected chi connectivity index (χ4v) is 5.43. The van der Waals surface area contributed by atoms with Gasteiger partial charge in [-0.2, -0.15) is 11.8 Å². The molecule has 0 saturated carbocycles. The molecule has 184 valence electrons. The summed E-state index contributed by atoms with van der Waals surface area (Å²) in [5.41, 5.74) is -1.48. The minimum absolute atomic E-state index is 0.0231. The van der Waals surface area contributed by atoms with Crippen LogP contribution in [-0.2, 0) is 4.79 Å². The van der Waals surface area contributed by atoms with Crippen molar-refractivity contribution in [3.05, 3.63) is 67.9 Å². The van der Waals surface area contributed by atoms with Crippen molar-refractivity contribution in [2.75, 3.05) is 30.0 Å². The lowest BCUT2D eigenvalue weighted by Crippen LogP contribution is -2.38. The van der Waals surface area contributed by atoms with E-state index in [1.807, 2.05) is 19.1 Å². The molecule has 11 heteroatoms. The molecule has 2 heterocycles. The number of hydrogen-bond donors (Lipinski definition) is 4. The van der Waals surface area contributed by atoms with E-state index in [-0.39, 0.29) is 33.9 Å². The summed E-state index contributed by atoms with van der Waals surface area (Å²) in [6.07, 6.45) is 1.96. The molecule has 3 aromatic rings. The second kappa shape index (κ2) is 9.87. The van der Waals surface area contributed by atoms with Crippen molar-refractivity contribution >= 4 is 40.7 Å². The normalized spacial score (nSPS) is 16.2. The molecule has 35 heavy (non-hydrogen) atoms. The van der Waals surface area contributed by atoms with E-state index in [4.69, 9.17) is 9.52 Å². The lowest BCUT2D eigenvalue weighted by atomic mass is 10.0. The summed E-state index contributed by atoms with van der Waals surface area (Å²) in [6.45, 7) is 1.28. The van der Waals surface area contributed by atoms with Gasteiger partial charge in [0.2, 0.25) is 0 Å². The van der Waals surface area contributed by atoms with Crippen LogP contribution in [-0.4, -0.2) is 51.6 Å². The average molecular weight is 500 g/mol. The maximum absolute atomic E-state index is 12.6. The fourth-order valence-electron chi connectivity index (χ4n) is 4.07. The van der Waals surface area contributed by atoms with Gasteiger partial charge in [-0.1, -0.05) is 6.07 Å². The molecule has 0 radical (unpaired) electrons. The van der Waals surface area contributed by atoms with Gasteiger partial charge in [0.15, 0.2) is 5.75 Å². The Kier molecular flexibility index (Phi) is 6.88. The van der Waals surface area contributed by atoms with Crippen LogP contribution in [0.5, 0.6) is 5.75 Å². The highest BCUT2D eigenvalue weighted by molar-refractivity contribution is 8.00. The number of aromatic hydroxyl groups is 1. The molecule has 4 N–H and O–H groups in total. The number of phenols is 1. The Morgan fingerprint density at radius 3 is 2.57 bits per heavy atom. The van der Waals surface area contributed by atoms with Crippen molar-refractivity contribution in [3.8, 4) is 5.75 Å². The third kappa shape index (κ3) is 4.90. The number of likely N-dealkylation sites (N-methyl/N-ethyl adjacent to an activating group) is 1. The van der Waals surface area contributed by atoms with Gasteiger partial charge in [0.1, 0.15) is 29.4 Å². The number of carboxylic acid groups (broad SMARTS) is 1. The van der Waals surface area contributed by atoms with Crippen LogP contribution in [0.25, 0.3) is 0 Å². The summed E-state index contributed by atoms with van der Waals surface area (Å²) >= 11 is 1.77. The predicted molar refractivity (Wildman–Crippen MR) is 133 cm³/mol. The molecule has 1 aliphatic heterocycles. The van der Waals surface area contributed by atoms with Crippen LogP contribution in [0, 0.1) is 6.92 Å². The molecule has 2 aromatic carbocycles. The molecule has 0 spiro atoms. The van der Waals surface area contributed by atoms with Crippen molar-refractivity contribution in [1.29, 1.82) is 0 Å². The topological polar surface area (TPSA) is 149 Å². The number of thioether (sulfide) groups is 1. The Morgan fingerprint density at radius 2 is 1.94 bits per heavy atom. The highest BCUT2D eigenvalue weighted by atomic mass is 32.2. The number of carbonyl (C=O) groups excluding carboxylic acids is 1. The smallest absolute Gasteiger partial charge is 0.323 e. The van der Waals surface area contributed by atoms with Gasteiger partial charge in [-0.3, -0.25) is 19.2 Å². The zero-order valence-corrected chi connectivity index (χ0v) is 20.0. The van der Waals surface area contributed by atoms with E-state index in [1.165, 1.54) is 25.2 Å². The second-order valence-electron chi connectivity index (χ2n) is 8.41. The van der Waals surface area contributed by atoms with Crippen LogP contribution >= 0.6 is 11.8 Å². The number of nitrogens with one attached hydrogen (secondary N) is 2. The molecule has 1 saturated heterocycles. The molecule has 0 bridgehead atoms. The van der Waals surface area contributed by atoms with E-state index in [9.17, 15) is 24.3 Å². The van der Waals surface area contributed by atoms with Gasteiger partial charge < -0.3 is 30.2 Å². The number of carboxylic acids is 1. The van der Waals surface area contributed by atoms with E-state index >= 15 is 0 Å². The monoisotopic (exact) mass is 499 g/mol. The van der Waals surface area contributed by atoms with Crippen molar-refractivity contribution in [3.63, 3.8) is 0 Å². The van der Waals surface area contributed by atoms with Crippen molar-refractivity contribution in [1.82, 2.24) is 4.90 Å². The van der Waals surface area contributed by atoms with Crippen molar-refractivity contribution in [2.24, 2.45) is 0 Å². The van der Waals surface area contributed by atoms with Crippen LogP contribution in [0.2, 0.25) is 0 Å². The first-order valence-corrected chi connectivity index (χ1v) is 12.1. The summed E-state index contributed by atoms with van der Waals surface area (Å²) in [7, 11) is 1.30. The van der Waals surface area contributed by atoms with Crippen molar-refractivity contribution < 1.29 is 24.2 Å². The molecule has 1 aromatic heterocycles. The van der Waals surface area contributed by atoms with Crippen molar-refractivity contribution in [2.45, 2.75) is 31.1 Å². The van der Waals surface area contributed by atoms with E-state index in [1.54, 1.807) is 11.8 Å². The third-order valence-electron chi connectivity index (χ3n) is 5.86. The van der Waals surface area contributed by atoms with Gasteiger partial charge in [0.05, 0.1) is 17.3 Å². The molecule has 2 atom stereocenters. The number of benzene rings is 1. The number of hydrogen-bond acceptors (Lipinski definition) is 9. The van der Waals surface area contributed by atoms with Crippen LogP contribution < -0.4 is 21.5 Å². The molecular weight excluding hydrogens is 474 g/mol. The largest absolute Gasteiger partial charge is 0.505 e. The molecule has 4 rings (SSSR count). The minimum atomic E-state index is -1.20. The number of nitrogens with zero attached hydrogens (tertiary/aromatic N) is 1. The standard InChI is InChI=1S/C24H25N3O7S/c1-12-8-9-15(34-12)18(16-7-4-10-35-16)26-20-19(22(31)23(20)32)25-14-6-3-5-13(21(14)30)24(33)27(2)11-17(28)29/h3,5-6,8-9,16,18,25-26,30H,4,7,10-11H2,1-2H3,(H,28,29)/t16?,18-/m0/s1. The lowest BCUT2D eigenvalue weighted by molar-refractivity contribution is -0.137. The average Bonchev–Trinajstić information content (AvgIpc) is 3.50. The van der Waals surface area contributed by atoms with Gasteiger partial charge in [0.25, 0.3) is 16.8 Å². The van der Waals surface area contributed by atoms with Crippen LogP contribution in [0.4, 0.5) is 17.1 Å². The zero-order valence-electron chi connectivity index (χ0n) is 19.2. The van der Waals surface area contributed by atoms with Gasteiger partial charge in [0, 0.05) is 12.3 Å². The maximum Gasteiger partial charge on any atom is 0.323 e. The molecule has 1 amide bonds. The number of carbonyl (C=O) groups is 2. The molecular formula is C24H25N3O7S. The van der Waals surface area contributed by atoms with Gasteiger partial charge in [-0.05, 0) is 49.8 Å². The lowest BCUT2D eigenvalue weighted by Gasteiger charge is -2.25. The number of amides is 1. The summed E-state index contributed by atoms with van der Waals surface area (Å²) in [6, 6.07) is 7.63. The van der Waals surface area contributed by atoms with E-state index in [2.05, 4.69) is 10.6 Å². The SMILES string of the molecule is Cc1ccc([C@H](Nc2c(Nc3cccc(C(=O)N(C)CC(=O)O)c3O)c(=O)c2=O)C2CCCS2)o1. The summed E-state index contributed by atoms with van der Waals surface area (Å²) in [5.74, 6) is 0.0256. The quantitative estimate of drug-likeness (QED) is 0.256. The number of aliphatic carboxylic acids is 1. The second-order valence-corrected chi connectivity index (χ2v) is 9.76. The number of phenolic OH excluding ortho intramolecular Hbond substituents is 1. The number of anilines is 3. The Bertz CT molecular complexity index is 1340. The van der Waals surface area contributed by atoms with Gasteiger partial charge in [-0.25, -0.2) is 0 Å². The van der Waals surface area contributed by atoms with E-state index in [0.717, 1.165) is 29.3 Å². The molecule has 1 aliphatic rings. The molecule has 0 aliphatic carbocycles. The van der Waals surface area contributed by atoms with Gasteiger partial charge >= 0.3 is 5.97 Å². The molecule has 1 fully saturated rings. The first kappa shape index (κ1) is 24.4. The Hall–Kier alpha value is -3.73. The predicted octanol–water partition coefficient (Wildman–Crippen LogP) is 2.84. The first-order chi connectivity index (χ1) is 16.7. The number of rotatable bonds is 9. The highest BCUT2D eigenvalue weighted by Gasteiger charge is 2.33. The first-order valence-electron chi connectivity index (χ1n) is 11.0. The summed E-state index contributed by atoms with van der Waals surface area (Å²) < 4.78 is 5.82. The maximum atomic E-state index is 12.6. The van der Waals surface area contributed by atoms with Crippen LogP contribution in [0.15, 0.2) is 44.3 Å². The highest BCUT2D eigenvalue weighted by Crippen LogP contribution is 2.40. The number of para-hydroxylation sites is 1. The summed E-state index contributed by atoms with van der Waals surface area (Å²) in [4.78, 5) is 49.3. The number of aryl methyl sites for hydroxylation is 1. The molecule has 10 nitrogen and oxygen atoms in total. The Morgan fingerprint density at radius 1 is 1.20 bits per heavy atom. The van der Waals surface area contributed by atoms with Gasteiger partial charge in [-0.15, -0.1) is 0 Å². The van der Waals surface area contributed by atoms with E-state index in [0.29, 0.717) is 5.76 Å². The molecule has 1 unspecified atom stereocenters. The Labute approximate surface area is 204 Å². The third-order valence-corrected chi connectivity index (χ3v) is 7.32. The number of furan rings is 1. The Balaban J connectivity index is 1.61. The van der Waals surface area contributed by atoms with Crippen LogP contribution in [0.3, 0.4) is 0 Å². The zero-order chi connectivity index (χ0) is 25.3. The van der Waals surface area contributed by atoms with E-state index < -0.39 is 35.0 Å². The van der Waals surface area contributed by atoms with Crippen LogP contribution in [0.1, 0.15) is 40.8 Å².